The van der Waals surface area contributed by atoms with Crippen LogP contribution in [0.3, 0.4) is 0 Å². The number of rotatable bonds is 5. The molecule has 0 N–H and O–H groups in total. The SMILES string of the molecule is C=C/C=C(\C=C)C(=O)c1ccc(C(=O)OC)cc1Cl. The van der Waals surface area contributed by atoms with E-state index >= 15 is 0 Å². The van der Waals surface area contributed by atoms with Gasteiger partial charge in [-0.15, -0.1) is 0 Å². The molecule has 0 aromatic heterocycles. The average molecular weight is 277 g/mol. The number of esters is 1. The minimum absolute atomic E-state index is 0.185. The van der Waals surface area contributed by atoms with Crippen molar-refractivity contribution in [1.29, 1.82) is 0 Å². The van der Waals surface area contributed by atoms with E-state index < -0.39 is 5.97 Å². The number of methoxy groups -OCH3 is 1. The summed E-state index contributed by atoms with van der Waals surface area (Å²) >= 11 is 6.01. The van der Waals surface area contributed by atoms with Gasteiger partial charge in [0.15, 0.2) is 5.78 Å². The lowest BCUT2D eigenvalue weighted by molar-refractivity contribution is 0.0600. The van der Waals surface area contributed by atoms with Gasteiger partial charge in [0.1, 0.15) is 0 Å². The zero-order valence-corrected chi connectivity index (χ0v) is 11.2. The first kappa shape index (κ1) is 14.9. The smallest absolute Gasteiger partial charge is 0.337 e. The van der Waals surface area contributed by atoms with Crippen LogP contribution in [-0.2, 0) is 4.74 Å². The van der Waals surface area contributed by atoms with Gasteiger partial charge in [-0.2, -0.15) is 0 Å². The van der Waals surface area contributed by atoms with Crippen molar-refractivity contribution in [3.8, 4) is 0 Å². The molecule has 0 spiro atoms. The Kier molecular flexibility index (Phi) is 5.27. The van der Waals surface area contributed by atoms with Crippen LogP contribution in [0.1, 0.15) is 20.7 Å². The van der Waals surface area contributed by atoms with Gasteiger partial charge in [0.05, 0.1) is 17.7 Å². The molecule has 1 rings (SSSR count). The van der Waals surface area contributed by atoms with Gasteiger partial charge in [0.2, 0.25) is 0 Å². The van der Waals surface area contributed by atoms with Crippen molar-refractivity contribution in [3.63, 3.8) is 0 Å². The quantitative estimate of drug-likeness (QED) is 0.357. The Hall–Kier alpha value is -2.13. The second-order valence-electron chi connectivity index (χ2n) is 3.58. The molecule has 0 amide bonds. The first-order valence-electron chi connectivity index (χ1n) is 5.42. The number of halogens is 1. The number of Topliss-reactive ketones (excluding diaryl/α,β-unsaturated/α-hetero) is 1. The lowest BCUT2D eigenvalue weighted by Gasteiger charge is -2.06. The molecule has 0 aliphatic heterocycles. The lowest BCUT2D eigenvalue weighted by atomic mass is 10.0. The number of carbonyl (C=O) groups excluding carboxylic acids is 2. The van der Waals surface area contributed by atoms with Gasteiger partial charge < -0.3 is 4.74 Å². The topological polar surface area (TPSA) is 43.4 Å². The van der Waals surface area contributed by atoms with E-state index in [1.807, 2.05) is 0 Å². The van der Waals surface area contributed by atoms with E-state index in [1.165, 1.54) is 37.5 Å². The largest absolute Gasteiger partial charge is 0.465 e. The zero-order valence-electron chi connectivity index (χ0n) is 10.5. The van der Waals surface area contributed by atoms with Crippen molar-refractivity contribution < 1.29 is 14.3 Å². The third kappa shape index (κ3) is 3.42. The second kappa shape index (κ2) is 6.71. The highest BCUT2D eigenvalue weighted by atomic mass is 35.5. The van der Waals surface area contributed by atoms with E-state index in [4.69, 9.17) is 11.6 Å². The summed E-state index contributed by atoms with van der Waals surface area (Å²) in [6.45, 7) is 7.09. The maximum atomic E-state index is 12.1. The predicted molar refractivity (Wildman–Crippen MR) is 75.6 cm³/mol. The Morgan fingerprint density at radius 3 is 2.47 bits per heavy atom. The Balaban J connectivity index is 3.19. The summed E-state index contributed by atoms with van der Waals surface area (Å²) in [7, 11) is 1.28. The van der Waals surface area contributed by atoms with Crippen molar-refractivity contribution in [3.05, 3.63) is 71.3 Å². The molecule has 0 unspecified atom stereocenters. The van der Waals surface area contributed by atoms with Gasteiger partial charge in [0, 0.05) is 11.1 Å². The van der Waals surface area contributed by atoms with Crippen LogP contribution >= 0.6 is 11.6 Å². The molecular formula is C15H13ClO3. The van der Waals surface area contributed by atoms with Crippen LogP contribution in [0.2, 0.25) is 5.02 Å². The highest BCUT2D eigenvalue weighted by Crippen LogP contribution is 2.22. The molecule has 0 radical (unpaired) electrons. The standard InChI is InChI=1S/C15H13ClO3/c1-4-6-10(5-2)14(17)12-8-7-11(9-13(12)16)15(18)19-3/h4-9H,1-2H2,3H3/b10-6+. The summed E-state index contributed by atoms with van der Waals surface area (Å²) in [4.78, 5) is 23.5. The summed E-state index contributed by atoms with van der Waals surface area (Å²) in [5.74, 6) is -0.789. The van der Waals surface area contributed by atoms with E-state index in [1.54, 1.807) is 6.08 Å². The minimum Gasteiger partial charge on any atom is -0.465 e. The molecule has 0 atom stereocenters. The van der Waals surface area contributed by atoms with Gasteiger partial charge in [-0.25, -0.2) is 4.79 Å². The van der Waals surface area contributed by atoms with Crippen LogP contribution in [0.5, 0.6) is 0 Å². The molecule has 0 heterocycles. The van der Waals surface area contributed by atoms with Crippen LogP contribution in [-0.4, -0.2) is 18.9 Å². The molecular weight excluding hydrogens is 264 g/mol. The average Bonchev–Trinajstić information content (AvgIpc) is 2.43. The maximum Gasteiger partial charge on any atom is 0.337 e. The fourth-order valence-corrected chi connectivity index (χ4v) is 1.73. The van der Waals surface area contributed by atoms with E-state index in [9.17, 15) is 9.59 Å². The third-order valence-corrected chi connectivity index (χ3v) is 2.73. The molecule has 1 aromatic carbocycles. The number of benzene rings is 1. The van der Waals surface area contributed by atoms with Gasteiger partial charge in [-0.3, -0.25) is 4.79 Å². The first-order valence-corrected chi connectivity index (χ1v) is 5.80. The Morgan fingerprint density at radius 2 is 2.00 bits per heavy atom. The van der Waals surface area contributed by atoms with Crippen LogP contribution in [0.25, 0.3) is 0 Å². The summed E-state index contributed by atoms with van der Waals surface area (Å²) in [5.41, 5.74) is 0.960. The van der Waals surface area contributed by atoms with E-state index in [2.05, 4.69) is 17.9 Å². The molecule has 1 aromatic rings. The Labute approximate surface area is 116 Å². The van der Waals surface area contributed by atoms with E-state index in [-0.39, 0.29) is 16.4 Å². The fourth-order valence-electron chi connectivity index (χ4n) is 1.46. The summed E-state index contributed by atoms with van der Waals surface area (Å²) in [5, 5.41) is 0.185. The Morgan fingerprint density at radius 1 is 1.32 bits per heavy atom. The van der Waals surface area contributed by atoms with Crippen molar-refractivity contribution in [1.82, 2.24) is 0 Å². The summed E-state index contributed by atoms with van der Waals surface area (Å²) < 4.78 is 4.58. The number of hydrogen-bond donors (Lipinski definition) is 0. The number of carbonyl (C=O) groups is 2. The Bertz CT molecular complexity index is 571. The summed E-state index contributed by atoms with van der Waals surface area (Å²) in [6.07, 6.45) is 4.46. The molecule has 0 bridgehead atoms. The number of hydrogen-bond acceptors (Lipinski definition) is 3. The van der Waals surface area contributed by atoms with Crippen molar-refractivity contribution in [2.45, 2.75) is 0 Å². The number of ether oxygens (including phenoxy) is 1. The lowest BCUT2D eigenvalue weighted by Crippen LogP contribution is -2.05. The van der Waals surface area contributed by atoms with E-state index in [0.717, 1.165) is 0 Å². The van der Waals surface area contributed by atoms with Crippen molar-refractivity contribution >= 4 is 23.4 Å². The normalized spacial score (nSPS) is 10.7. The molecule has 19 heavy (non-hydrogen) atoms. The highest BCUT2D eigenvalue weighted by Gasteiger charge is 2.15. The highest BCUT2D eigenvalue weighted by molar-refractivity contribution is 6.35. The molecule has 98 valence electrons. The number of ketones is 1. The van der Waals surface area contributed by atoms with Gasteiger partial charge >= 0.3 is 5.97 Å². The molecule has 0 saturated carbocycles. The maximum absolute atomic E-state index is 12.1. The summed E-state index contributed by atoms with van der Waals surface area (Å²) in [6, 6.07) is 4.37. The fraction of sp³-hybridized carbons (Fsp3) is 0.0667. The van der Waals surface area contributed by atoms with Gasteiger partial charge in [0.25, 0.3) is 0 Å². The van der Waals surface area contributed by atoms with Crippen LogP contribution in [0.15, 0.2) is 55.2 Å². The zero-order chi connectivity index (χ0) is 14.4. The molecule has 3 nitrogen and oxygen atoms in total. The van der Waals surface area contributed by atoms with Gasteiger partial charge in [-0.1, -0.05) is 43.0 Å². The van der Waals surface area contributed by atoms with E-state index in [0.29, 0.717) is 11.1 Å². The monoisotopic (exact) mass is 276 g/mol. The van der Waals surface area contributed by atoms with Crippen LogP contribution < -0.4 is 0 Å². The molecule has 0 saturated heterocycles. The third-order valence-electron chi connectivity index (χ3n) is 2.41. The minimum atomic E-state index is -0.508. The molecule has 0 aliphatic rings. The molecule has 4 heteroatoms. The van der Waals surface area contributed by atoms with Crippen molar-refractivity contribution in [2.24, 2.45) is 0 Å². The second-order valence-corrected chi connectivity index (χ2v) is 3.98. The van der Waals surface area contributed by atoms with Gasteiger partial charge in [-0.05, 0) is 18.2 Å². The predicted octanol–water partition coefficient (Wildman–Crippen LogP) is 3.61. The van der Waals surface area contributed by atoms with Crippen LogP contribution in [0, 0.1) is 0 Å². The first-order chi connectivity index (χ1) is 9.04. The number of allylic oxidation sites excluding steroid dienone is 4. The van der Waals surface area contributed by atoms with Crippen LogP contribution in [0.4, 0.5) is 0 Å². The van der Waals surface area contributed by atoms with Crippen molar-refractivity contribution in [2.75, 3.05) is 7.11 Å². The molecule has 0 fully saturated rings. The molecule has 0 aliphatic carbocycles.